The van der Waals surface area contributed by atoms with Gasteiger partial charge in [0, 0.05) is 0 Å². The van der Waals surface area contributed by atoms with Crippen LogP contribution in [0.1, 0.15) is 5.56 Å². The molecule has 0 aromatic heterocycles. The average molecular weight is 477 g/mol. The molecule has 1 rings (SSSR count). The van der Waals surface area contributed by atoms with Crippen LogP contribution in [0.3, 0.4) is 0 Å². The Bertz CT molecular complexity index is 677. The molecule has 0 saturated carbocycles. The Morgan fingerprint density at radius 1 is 0.656 bits per heavy atom. The molecular formula is C22H36O9S. The lowest BCUT2D eigenvalue weighted by Crippen LogP contribution is -2.15. The Morgan fingerprint density at radius 2 is 1.03 bits per heavy atom. The van der Waals surface area contributed by atoms with E-state index in [1.165, 1.54) is 12.1 Å². The highest BCUT2D eigenvalue weighted by atomic mass is 32.2. The second-order valence-electron chi connectivity index (χ2n) is 6.51. The van der Waals surface area contributed by atoms with Crippen LogP contribution in [0, 0.1) is 6.92 Å². The minimum absolute atomic E-state index is 0.0482. The van der Waals surface area contributed by atoms with Crippen molar-refractivity contribution in [1.29, 1.82) is 0 Å². The highest BCUT2D eigenvalue weighted by molar-refractivity contribution is 7.86. The first-order valence-corrected chi connectivity index (χ1v) is 12.0. The van der Waals surface area contributed by atoms with Gasteiger partial charge in [0.05, 0.1) is 90.8 Å². The Hall–Kier alpha value is -1.37. The molecule has 184 valence electrons. The molecule has 0 unspecified atom stereocenters. The Morgan fingerprint density at radius 3 is 1.44 bits per heavy atom. The fraction of sp³-hybridized carbons (Fsp3) is 0.636. The van der Waals surface area contributed by atoms with E-state index in [2.05, 4.69) is 6.58 Å². The molecule has 0 bridgehead atoms. The summed E-state index contributed by atoms with van der Waals surface area (Å²) >= 11 is 0. The molecule has 0 aliphatic rings. The quantitative estimate of drug-likeness (QED) is 0.141. The van der Waals surface area contributed by atoms with Crippen LogP contribution >= 0.6 is 0 Å². The predicted octanol–water partition coefficient (Wildman–Crippen LogP) is 1.99. The van der Waals surface area contributed by atoms with Crippen LogP contribution in [0.15, 0.2) is 41.8 Å². The first kappa shape index (κ1) is 28.7. The summed E-state index contributed by atoms with van der Waals surface area (Å²) in [5.74, 6) is 0. The minimum Gasteiger partial charge on any atom is -0.377 e. The summed E-state index contributed by atoms with van der Waals surface area (Å²) in [7, 11) is -3.75. The molecule has 0 N–H and O–H groups in total. The number of aryl methyl sites for hydroxylation is 1. The molecule has 0 saturated heterocycles. The predicted molar refractivity (Wildman–Crippen MR) is 119 cm³/mol. The molecule has 0 spiro atoms. The van der Waals surface area contributed by atoms with Crippen LogP contribution in [0.5, 0.6) is 0 Å². The van der Waals surface area contributed by atoms with Gasteiger partial charge in [0.2, 0.25) is 0 Å². The van der Waals surface area contributed by atoms with Crippen molar-refractivity contribution in [3.05, 3.63) is 42.5 Å². The maximum absolute atomic E-state index is 12.0. The van der Waals surface area contributed by atoms with Crippen LogP contribution in [0.4, 0.5) is 0 Å². The summed E-state index contributed by atoms with van der Waals surface area (Å²) in [6.45, 7) is 10.8. The van der Waals surface area contributed by atoms with E-state index < -0.39 is 10.1 Å². The second-order valence-corrected chi connectivity index (χ2v) is 8.13. The normalized spacial score (nSPS) is 11.7. The van der Waals surface area contributed by atoms with Crippen LogP contribution < -0.4 is 0 Å². The Kier molecular flexibility index (Phi) is 17.1. The van der Waals surface area contributed by atoms with E-state index in [9.17, 15) is 8.42 Å². The molecule has 1 aromatic carbocycles. The Balaban J connectivity index is 1.81. The van der Waals surface area contributed by atoms with E-state index in [-0.39, 0.29) is 18.1 Å². The van der Waals surface area contributed by atoms with E-state index in [0.717, 1.165) is 5.56 Å². The van der Waals surface area contributed by atoms with Gasteiger partial charge < -0.3 is 28.4 Å². The molecule has 10 heteroatoms. The van der Waals surface area contributed by atoms with Crippen molar-refractivity contribution < 1.29 is 41.0 Å². The standard InChI is InChI=1S/C22H36O9S/c1-3-8-25-9-10-26-11-12-27-13-14-28-15-16-29-17-18-30-19-20-31-32(23,24)22-6-4-21(2)5-7-22/h3-7H,1,8-20H2,2H3. The molecule has 0 heterocycles. The van der Waals surface area contributed by atoms with Crippen LogP contribution in [-0.4, -0.2) is 94.3 Å². The monoisotopic (exact) mass is 476 g/mol. The molecule has 0 aliphatic heterocycles. The minimum atomic E-state index is -3.75. The number of hydrogen-bond acceptors (Lipinski definition) is 9. The summed E-state index contributed by atoms with van der Waals surface area (Å²) in [4.78, 5) is 0.134. The fourth-order valence-electron chi connectivity index (χ4n) is 2.24. The van der Waals surface area contributed by atoms with Crippen molar-refractivity contribution in [2.75, 3.05) is 85.9 Å². The van der Waals surface area contributed by atoms with Crippen molar-refractivity contribution in [3.8, 4) is 0 Å². The zero-order valence-corrected chi connectivity index (χ0v) is 19.7. The summed E-state index contributed by atoms with van der Waals surface area (Å²) < 4.78 is 60.9. The lowest BCUT2D eigenvalue weighted by molar-refractivity contribution is -0.0167. The summed E-state index contributed by atoms with van der Waals surface area (Å²) in [5, 5.41) is 0. The first-order valence-electron chi connectivity index (χ1n) is 10.6. The zero-order valence-electron chi connectivity index (χ0n) is 18.9. The summed E-state index contributed by atoms with van der Waals surface area (Å²) in [6, 6.07) is 6.49. The third kappa shape index (κ3) is 15.4. The van der Waals surface area contributed by atoms with Crippen molar-refractivity contribution in [3.63, 3.8) is 0 Å². The van der Waals surface area contributed by atoms with Crippen LogP contribution in [0.2, 0.25) is 0 Å². The lowest BCUT2D eigenvalue weighted by Gasteiger charge is -2.08. The van der Waals surface area contributed by atoms with E-state index in [1.807, 2.05) is 6.92 Å². The average Bonchev–Trinajstić information content (AvgIpc) is 2.78. The van der Waals surface area contributed by atoms with Gasteiger partial charge >= 0.3 is 0 Å². The van der Waals surface area contributed by atoms with Gasteiger partial charge in [-0.05, 0) is 19.1 Å². The fourth-order valence-corrected chi connectivity index (χ4v) is 3.13. The molecule has 0 aliphatic carbocycles. The Labute approximate surface area is 191 Å². The summed E-state index contributed by atoms with van der Waals surface area (Å²) in [5.41, 5.74) is 0.980. The largest absolute Gasteiger partial charge is 0.377 e. The molecule has 9 nitrogen and oxygen atoms in total. The van der Waals surface area contributed by atoms with Gasteiger partial charge in [-0.15, -0.1) is 6.58 Å². The smallest absolute Gasteiger partial charge is 0.297 e. The van der Waals surface area contributed by atoms with Gasteiger partial charge in [0.1, 0.15) is 0 Å². The zero-order chi connectivity index (χ0) is 23.3. The van der Waals surface area contributed by atoms with E-state index in [0.29, 0.717) is 72.7 Å². The highest BCUT2D eigenvalue weighted by Crippen LogP contribution is 2.12. The molecule has 0 amide bonds. The van der Waals surface area contributed by atoms with E-state index in [1.54, 1.807) is 18.2 Å². The van der Waals surface area contributed by atoms with Crippen LogP contribution in [-0.2, 0) is 42.7 Å². The van der Waals surface area contributed by atoms with Gasteiger partial charge in [0.25, 0.3) is 10.1 Å². The van der Waals surface area contributed by atoms with Crippen LogP contribution in [0.25, 0.3) is 0 Å². The first-order chi connectivity index (χ1) is 15.6. The molecule has 32 heavy (non-hydrogen) atoms. The molecule has 0 atom stereocenters. The van der Waals surface area contributed by atoms with E-state index in [4.69, 9.17) is 32.6 Å². The third-order valence-corrected chi connectivity index (χ3v) is 5.20. The van der Waals surface area contributed by atoms with Crippen molar-refractivity contribution in [1.82, 2.24) is 0 Å². The van der Waals surface area contributed by atoms with Crippen molar-refractivity contribution >= 4 is 10.1 Å². The van der Waals surface area contributed by atoms with Gasteiger partial charge in [-0.2, -0.15) is 8.42 Å². The molecule has 1 aromatic rings. The number of benzene rings is 1. The maximum atomic E-state index is 12.0. The number of hydrogen-bond donors (Lipinski definition) is 0. The summed E-state index contributed by atoms with van der Waals surface area (Å²) in [6.07, 6.45) is 1.70. The van der Waals surface area contributed by atoms with Gasteiger partial charge in [-0.3, -0.25) is 4.18 Å². The lowest BCUT2D eigenvalue weighted by atomic mass is 10.2. The molecule has 0 fully saturated rings. The van der Waals surface area contributed by atoms with Crippen molar-refractivity contribution in [2.45, 2.75) is 11.8 Å². The second kappa shape index (κ2) is 19.1. The molecular weight excluding hydrogens is 440 g/mol. The number of ether oxygens (including phenoxy) is 6. The molecule has 0 radical (unpaired) electrons. The van der Waals surface area contributed by atoms with Crippen molar-refractivity contribution in [2.24, 2.45) is 0 Å². The van der Waals surface area contributed by atoms with Gasteiger partial charge in [-0.1, -0.05) is 23.8 Å². The maximum Gasteiger partial charge on any atom is 0.297 e. The topological polar surface area (TPSA) is 98.8 Å². The third-order valence-electron chi connectivity index (χ3n) is 3.87. The van der Waals surface area contributed by atoms with Gasteiger partial charge in [-0.25, -0.2) is 0 Å². The highest BCUT2D eigenvalue weighted by Gasteiger charge is 2.14. The van der Waals surface area contributed by atoms with E-state index >= 15 is 0 Å². The number of rotatable bonds is 22. The SMILES string of the molecule is C=CCOCCOCCOCCOCCOCCOCCOS(=O)(=O)c1ccc(C)cc1. The van der Waals surface area contributed by atoms with Gasteiger partial charge in [0.15, 0.2) is 0 Å².